The summed E-state index contributed by atoms with van der Waals surface area (Å²) >= 11 is 5.84. The quantitative estimate of drug-likeness (QED) is 0.408. The molecule has 2 aromatic carbocycles. The van der Waals surface area contributed by atoms with E-state index in [0.29, 0.717) is 10.8 Å². The lowest BCUT2D eigenvalue weighted by Crippen LogP contribution is -2.30. The van der Waals surface area contributed by atoms with Gasteiger partial charge in [-0.25, -0.2) is 9.18 Å². The molecule has 2 nitrogen and oxygen atoms in total. The van der Waals surface area contributed by atoms with Gasteiger partial charge in [-0.3, -0.25) is 0 Å². The lowest BCUT2D eigenvalue weighted by Gasteiger charge is -2.41. The maximum atomic E-state index is 14.8. The largest absolute Gasteiger partial charge is 0.423 e. The van der Waals surface area contributed by atoms with Crippen molar-refractivity contribution in [3.05, 3.63) is 64.4 Å². The lowest BCUT2D eigenvalue weighted by molar-refractivity contribution is 0.0734. The van der Waals surface area contributed by atoms with Crippen LogP contribution in [0.2, 0.25) is 5.02 Å². The standard InChI is InChI=1S/C24H26ClFO2/c1-15-2-3-17-13-18(5-4-16(17)12-15)22-11-6-19(14-23(22)26)24(27)28-21-9-7-20(25)8-10-21/h6-11,14-18H,2-5,12-13H2,1H3. The van der Waals surface area contributed by atoms with Crippen LogP contribution in [0.15, 0.2) is 42.5 Å². The van der Waals surface area contributed by atoms with Gasteiger partial charge in [-0.1, -0.05) is 31.0 Å². The second kappa shape index (κ2) is 8.24. The molecule has 0 saturated heterocycles. The minimum absolute atomic E-state index is 0.233. The molecule has 2 fully saturated rings. The van der Waals surface area contributed by atoms with Gasteiger partial charge >= 0.3 is 5.97 Å². The van der Waals surface area contributed by atoms with Crippen LogP contribution in [0.4, 0.5) is 4.39 Å². The van der Waals surface area contributed by atoms with E-state index in [1.165, 1.54) is 31.7 Å². The zero-order chi connectivity index (χ0) is 19.7. The molecule has 0 bridgehead atoms. The van der Waals surface area contributed by atoms with E-state index in [2.05, 4.69) is 6.92 Å². The van der Waals surface area contributed by atoms with Gasteiger partial charge in [0.05, 0.1) is 5.56 Å². The highest BCUT2D eigenvalue weighted by molar-refractivity contribution is 6.30. The highest BCUT2D eigenvalue weighted by atomic mass is 35.5. The molecule has 2 aromatic rings. The van der Waals surface area contributed by atoms with E-state index in [1.54, 1.807) is 36.4 Å². The van der Waals surface area contributed by atoms with Crippen LogP contribution in [0, 0.1) is 23.6 Å². The van der Waals surface area contributed by atoms with Gasteiger partial charge in [-0.15, -0.1) is 0 Å². The summed E-state index contributed by atoms with van der Waals surface area (Å²) in [6, 6.07) is 11.3. The maximum Gasteiger partial charge on any atom is 0.343 e. The summed E-state index contributed by atoms with van der Waals surface area (Å²) in [5, 5.41) is 0.567. The Morgan fingerprint density at radius 3 is 2.46 bits per heavy atom. The molecule has 0 radical (unpaired) electrons. The minimum Gasteiger partial charge on any atom is -0.423 e. The molecule has 4 rings (SSSR count). The highest BCUT2D eigenvalue weighted by Gasteiger charge is 2.35. The summed E-state index contributed by atoms with van der Waals surface area (Å²) in [4.78, 5) is 12.3. The van der Waals surface area contributed by atoms with Crippen molar-refractivity contribution in [1.82, 2.24) is 0 Å². The third-order valence-electron chi connectivity index (χ3n) is 6.58. The van der Waals surface area contributed by atoms with E-state index in [0.717, 1.165) is 36.2 Å². The maximum absolute atomic E-state index is 14.8. The predicted octanol–water partition coefficient (Wildman–Crippen LogP) is 7.02. The van der Waals surface area contributed by atoms with Crippen LogP contribution in [-0.2, 0) is 0 Å². The molecule has 4 unspecified atom stereocenters. The summed E-state index contributed by atoms with van der Waals surface area (Å²) < 4.78 is 20.2. The molecule has 28 heavy (non-hydrogen) atoms. The van der Waals surface area contributed by atoms with Crippen molar-refractivity contribution in [3.63, 3.8) is 0 Å². The van der Waals surface area contributed by atoms with Gasteiger partial charge in [0.25, 0.3) is 0 Å². The van der Waals surface area contributed by atoms with Crippen LogP contribution in [0.25, 0.3) is 0 Å². The zero-order valence-electron chi connectivity index (χ0n) is 16.2. The highest BCUT2D eigenvalue weighted by Crippen LogP contribution is 2.47. The Hall–Kier alpha value is -1.87. The number of carbonyl (C=O) groups is 1. The van der Waals surface area contributed by atoms with Crippen molar-refractivity contribution in [2.75, 3.05) is 0 Å². The van der Waals surface area contributed by atoms with Crippen LogP contribution < -0.4 is 4.74 Å². The first kappa shape index (κ1) is 19.4. The smallest absolute Gasteiger partial charge is 0.343 e. The van der Waals surface area contributed by atoms with E-state index in [-0.39, 0.29) is 17.3 Å². The van der Waals surface area contributed by atoms with Crippen LogP contribution >= 0.6 is 11.6 Å². The summed E-state index contributed by atoms with van der Waals surface area (Å²) in [5.41, 5.74) is 0.983. The van der Waals surface area contributed by atoms with Gasteiger partial charge in [0.15, 0.2) is 0 Å². The van der Waals surface area contributed by atoms with Crippen molar-refractivity contribution in [2.24, 2.45) is 17.8 Å². The fourth-order valence-electron chi connectivity index (χ4n) is 5.06. The number of ether oxygens (including phenoxy) is 1. The Labute approximate surface area is 171 Å². The molecule has 2 saturated carbocycles. The van der Waals surface area contributed by atoms with Gasteiger partial charge in [-0.2, -0.15) is 0 Å². The van der Waals surface area contributed by atoms with Crippen LogP contribution in [0.5, 0.6) is 5.75 Å². The van der Waals surface area contributed by atoms with Gasteiger partial charge < -0.3 is 4.74 Å². The van der Waals surface area contributed by atoms with E-state index >= 15 is 0 Å². The van der Waals surface area contributed by atoms with Gasteiger partial charge in [0, 0.05) is 5.02 Å². The van der Waals surface area contributed by atoms with Gasteiger partial charge in [0.1, 0.15) is 11.6 Å². The number of carbonyl (C=O) groups excluding carboxylic acids is 1. The normalized spacial score (nSPS) is 27.1. The number of hydrogen-bond donors (Lipinski definition) is 0. The first-order valence-corrected chi connectivity index (χ1v) is 10.6. The number of hydrogen-bond acceptors (Lipinski definition) is 2. The van der Waals surface area contributed by atoms with Crippen molar-refractivity contribution < 1.29 is 13.9 Å². The second-order valence-corrected chi connectivity index (χ2v) is 8.96. The van der Waals surface area contributed by atoms with E-state index in [9.17, 15) is 9.18 Å². The van der Waals surface area contributed by atoms with Crippen LogP contribution in [0.3, 0.4) is 0 Å². The number of benzene rings is 2. The van der Waals surface area contributed by atoms with Crippen molar-refractivity contribution in [1.29, 1.82) is 0 Å². The van der Waals surface area contributed by atoms with Crippen LogP contribution in [-0.4, -0.2) is 5.97 Å². The zero-order valence-corrected chi connectivity index (χ0v) is 16.9. The van der Waals surface area contributed by atoms with E-state index in [4.69, 9.17) is 16.3 Å². The number of rotatable bonds is 3. The predicted molar refractivity (Wildman–Crippen MR) is 109 cm³/mol. The summed E-state index contributed by atoms with van der Waals surface area (Å²) in [6.45, 7) is 2.35. The number of esters is 1. The first-order valence-electron chi connectivity index (χ1n) is 10.3. The molecule has 4 atom stereocenters. The van der Waals surface area contributed by atoms with Gasteiger partial charge in [0.2, 0.25) is 0 Å². The van der Waals surface area contributed by atoms with E-state index < -0.39 is 5.97 Å². The molecule has 4 heteroatoms. The summed E-state index contributed by atoms with van der Waals surface area (Å²) in [5.74, 6) is 2.18. The molecule has 2 aliphatic carbocycles. The van der Waals surface area contributed by atoms with Crippen molar-refractivity contribution in [3.8, 4) is 5.75 Å². The topological polar surface area (TPSA) is 26.3 Å². The Kier molecular flexibility index (Phi) is 5.73. The lowest BCUT2D eigenvalue weighted by atomic mass is 9.64. The third kappa shape index (κ3) is 4.25. The molecule has 0 aromatic heterocycles. The summed E-state index contributed by atoms with van der Waals surface area (Å²) in [7, 11) is 0. The third-order valence-corrected chi connectivity index (χ3v) is 6.83. The molecule has 0 heterocycles. The Bertz CT molecular complexity index is 848. The average molecular weight is 401 g/mol. The minimum atomic E-state index is -0.558. The fraction of sp³-hybridized carbons (Fsp3) is 0.458. The van der Waals surface area contributed by atoms with Crippen molar-refractivity contribution >= 4 is 17.6 Å². The molecular formula is C24H26ClFO2. The Morgan fingerprint density at radius 1 is 1.00 bits per heavy atom. The molecule has 148 valence electrons. The monoisotopic (exact) mass is 400 g/mol. The molecular weight excluding hydrogens is 375 g/mol. The second-order valence-electron chi connectivity index (χ2n) is 8.53. The van der Waals surface area contributed by atoms with Crippen LogP contribution in [0.1, 0.15) is 67.3 Å². The molecule has 0 amide bonds. The number of halogens is 2. The first-order chi connectivity index (χ1) is 13.5. The Balaban J connectivity index is 1.44. The van der Waals surface area contributed by atoms with Crippen molar-refractivity contribution in [2.45, 2.75) is 51.4 Å². The fourth-order valence-corrected chi connectivity index (χ4v) is 5.19. The summed E-state index contributed by atoms with van der Waals surface area (Å²) in [6.07, 6.45) is 7.21. The van der Waals surface area contributed by atoms with E-state index in [1.807, 2.05) is 0 Å². The molecule has 0 N–H and O–H groups in total. The molecule has 0 spiro atoms. The van der Waals surface area contributed by atoms with Gasteiger partial charge in [-0.05, 0) is 97.7 Å². The SMILES string of the molecule is CC1CCC2CC(c3ccc(C(=O)Oc4ccc(Cl)cc4)cc3F)CCC2C1. The molecule has 0 aliphatic heterocycles. The Morgan fingerprint density at radius 2 is 1.71 bits per heavy atom. The number of fused-ring (bicyclic) bond motifs is 1. The molecule has 2 aliphatic rings. The average Bonchev–Trinajstić information content (AvgIpc) is 2.69.